The molecule has 1 N–H and O–H groups in total. The van der Waals surface area contributed by atoms with E-state index < -0.39 is 11.8 Å². The molecular formula is C16H21N3O3S. The zero-order valence-corrected chi connectivity index (χ0v) is 14.0. The van der Waals surface area contributed by atoms with Gasteiger partial charge in [-0.3, -0.25) is 4.79 Å². The maximum atomic E-state index is 12.4. The highest BCUT2D eigenvalue weighted by Crippen LogP contribution is 2.22. The van der Waals surface area contributed by atoms with E-state index in [4.69, 9.17) is 4.42 Å². The molecule has 2 aromatic rings. The lowest BCUT2D eigenvalue weighted by Crippen LogP contribution is -2.40. The van der Waals surface area contributed by atoms with Crippen molar-refractivity contribution in [3.05, 3.63) is 28.1 Å². The molecule has 3 rings (SSSR count). The fraction of sp³-hybridized carbons (Fsp3) is 0.562. The smallest absolute Gasteiger partial charge is 0.387 e. The molecule has 1 amide bonds. The van der Waals surface area contributed by atoms with E-state index in [1.54, 1.807) is 6.92 Å². The Kier molecular flexibility index (Phi) is 4.95. The maximum absolute atomic E-state index is 12.4. The van der Waals surface area contributed by atoms with Gasteiger partial charge in [0.05, 0.1) is 4.88 Å². The summed E-state index contributed by atoms with van der Waals surface area (Å²) < 4.78 is 6.29. The van der Waals surface area contributed by atoms with Gasteiger partial charge in [0.1, 0.15) is 6.04 Å². The number of amides is 1. The molecule has 0 aliphatic heterocycles. The van der Waals surface area contributed by atoms with Crippen LogP contribution in [0, 0.1) is 0 Å². The van der Waals surface area contributed by atoms with Gasteiger partial charge < -0.3 is 9.73 Å². The molecule has 1 atom stereocenters. The van der Waals surface area contributed by atoms with Gasteiger partial charge in [-0.05, 0) is 31.2 Å². The van der Waals surface area contributed by atoms with Crippen LogP contribution in [0.1, 0.15) is 51.5 Å². The highest BCUT2D eigenvalue weighted by molar-refractivity contribution is 7.13. The van der Waals surface area contributed by atoms with Crippen molar-refractivity contribution in [2.75, 3.05) is 0 Å². The number of hydrogen-bond acceptors (Lipinski definition) is 5. The predicted molar refractivity (Wildman–Crippen MR) is 88.4 cm³/mol. The number of thiophene rings is 1. The molecule has 1 unspecified atom stereocenters. The monoisotopic (exact) mass is 335 g/mol. The minimum Gasteiger partial charge on any atom is -0.387 e. The summed E-state index contributed by atoms with van der Waals surface area (Å²) in [6.45, 7) is 1.67. The number of rotatable bonds is 4. The predicted octanol–water partition coefficient (Wildman–Crippen LogP) is 2.96. The first-order valence-electron chi connectivity index (χ1n) is 8.09. The fourth-order valence-electron chi connectivity index (χ4n) is 2.89. The summed E-state index contributed by atoms with van der Waals surface area (Å²) in [6, 6.07) is 3.22. The molecule has 0 saturated heterocycles. The minimum absolute atomic E-state index is 0.176. The topological polar surface area (TPSA) is 77.1 Å². The van der Waals surface area contributed by atoms with Gasteiger partial charge in [0.15, 0.2) is 0 Å². The second-order valence-electron chi connectivity index (χ2n) is 5.97. The second-order valence-corrected chi connectivity index (χ2v) is 6.92. The highest BCUT2D eigenvalue weighted by Gasteiger charge is 2.24. The Morgan fingerprint density at radius 3 is 2.78 bits per heavy atom. The molecular weight excluding hydrogens is 314 g/mol. The summed E-state index contributed by atoms with van der Waals surface area (Å²) in [6.07, 6.45) is 6.76. The van der Waals surface area contributed by atoms with Crippen LogP contribution in [0.2, 0.25) is 0 Å². The van der Waals surface area contributed by atoms with Gasteiger partial charge in [-0.1, -0.05) is 31.7 Å². The van der Waals surface area contributed by atoms with Crippen LogP contribution in [0.4, 0.5) is 0 Å². The third-order valence-corrected chi connectivity index (χ3v) is 5.11. The van der Waals surface area contributed by atoms with Crippen LogP contribution in [0.5, 0.6) is 0 Å². The van der Waals surface area contributed by atoms with Gasteiger partial charge in [0.2, 0.25) is 5.91 Å². The second kappa shape index (κ2) is 7.12. The summed E-state index contributed by atoms with van der Waals surface area (Å²) in [5.41, 5.74) is 0. The van der Waals surface area contributed by atoms with Crippen LogP contribution < -0.4 is 11.1 Å². The van der Waals surface area contributed by atoms with Crippen molar-refractivity contribution in [2.24, 2.45) is 0 Å². The van der Waals surface area contributed by atoms with E-state index in [1.165, 1.54) is 24.2 Å². The Labute approximate surface area is 138 Å². The van der Waals surface area contributed by atoms with Gasteiger partial charge in [0, 0.05) is 6.04 Å². The van der Waals surface area contributed by atoms with Gasteiger partial charge in [-0.15, -0.1) is 16.4 Å². The average molecular weight is 335 g/mol. The first kappa shape index (κ1) is 16.0. The molecule has 1 fully saturated rings. The number of carbonyl (C=O) groups is 1. The molecule has 23 heavy (non-hydrogen) atoms. The number of hydrogen-bond donors (Lipinski definition) is 1. The summed E-state index contributed by atoms with van der Waals surface area (Å²) in [5.74, 6) is -0.513. The number of nitrogens with zero attached hydrogens (tertiary/aromatic N) is 2. The minimum atomic E-state index is -0.678. The first-order valence-corrected chi connectivity index (χ1v) is 8.97. The molecule has 7 heteroatoms. The zero-order chi connectivity index (χ0) is 16.2. The van der Waals surface area contributed by atoms with E-state index in [2.05, 4.69) is 10.4 Å². The Hall–Kier alpha value is -1.89. The molecule has 1 aliphatic carbocycles. The molecule has 1 aliphatic rings. The van der Waals surface area contributed by atoms with Crippen LogP contribution in [0.3, 0.4) is 0 Å². The molecule has 2 aromatic heterocycles. The number of aromatic nitrogens is 2. The Bertz CT molecular complexity index is 696. The van der Waals surface area contributed by atoms with Crippen LogP contribution in [0.15, 0.2) is 26.7 Å². The Morgan fingerprint density at radius 2 is 2.13 bits per heavy atom. The first-order chi connectivity index (χ1) is 11.1. The van der Waals surface area contributed by atoms with E-state index in [0.717, 1.165) is 35.2 Å². The normalized spacial score (nSPS) is 17.6. The molecule has 1 saturated carbocycles. The SMILES string of the molecule is CC(C(=O)NC1CCCCCC1)n1nc(-c2cccs2)oc1=O. The molecule has 0 radical (unpaired) electrons. The molecule has 124 valence electrons. The lowest BCUT2D eigenvalue weighted by molar-refractivity contribution is -0.125. The quantitative estimate of drug-likeness (QED) is 0.872. The summed E-state index contributed by atoms with van der Waals surface area (Å²) in [7, 11) is 0. The van der Waals surface area contributed by atoms with E-state index in [-0.39, 0.29) is 17.8 Å². The molecule has 0 spiro atoms. The average Bonchev–Trinajstić information content (AvgIpc) is 3.12. The van der Waals surface area contributed by atoms with Crippen molar-refractivity contribution >= 4 is 17.2 Å². The van der Waals surface area contributed by atoms with Crippen molar-refractivity contribution in [1.82, 2.24) is 15.1 Å². The van der Waals surface area contributed by atoms with E-state index in [0.29, 0.717) is 0 Å². The lowest BCUT2D eigenvalue weighted by atomic mass is 10.1. The molecule has 2 heterocycles. The van der Waals surface area contributed by atoms with Gasteiger partial charge >= 0.3 is 5.76 Å². The maximum Gasteiger partial charge on any atom is 0.438 e. The lowest BCUT2D eigenvalue weighted by Gasteiger charge is -2.18. The van der Waals surface area contributed by atoms with Crippen LogP contribution >= 0.6 is 11.3 Å². The molecule has 0 aromatic carbocycles. The van der Waals surface area contributed by atoms with Crippen LogP contribution in [-0.4, -0.2) is 21.7 Å². The Balaban J connectivity index is 1.70. The Morgan fingerprint density at radius 1 is 1.39 bits per heavy atom. The number of nitrogens with one attached hydrogen (secondary N) is 1. The highest BCUT2D eigenvalue weighted by atomic mass is 32.1. The fourth-order valence-corrected chi connectivity index (χ4v) is 3.53. The van der Waals surface area contributed by atoms with Crippen molar-refractivity contribution in [2.45, 2.75) is 57.5 Å². The van der Waals surface area contributed by atoms with E-state index in [9.17, 15) is 9.59 Å². The summed E-state index contributed by atoms with van der Waals surface area (Å²) in [5, 5.41) is 9.11. The van der Waals surface area contributed by atoms with Gasteiger partial charge in [-0.25, -0.2) is 4.79 Å². The standard InChI is InChI=1S/C16H21N3O3S/c1-11(14(20)17-12-7-4-2-3-5-8-12)19-16(21)22-15(18-19)13-9-6-10-23-13/h6,9-12H,2-5,7-8H2,1H3,(H,17,20). The van der Waals surface area contributed by atoms with Crippen LogP contribution in [0.25, 0.3) is 10.8 Å². The van der Waals surface area contributed by atoms with E-state index >= 15 is 0 Å². The summed E-state index contributed by atoms with van der Waals surface area (Å²) in [4.78, 5) is 25.2. The number of carbonyl (C=O) groups excluding carboxylic acids is 1. The molecule has 6 nitrogen and oxygen atoms in total. The van der Waals surface area contributed by atoms with Gasteiger partial charge in [-0.2, -0.15) is 4.68 Å². The van der Waals surface area contributed by atoms with E-state index in [1.807, 2.05) is 17.5 Å². The summed E-state index contributed by atoms with van der Waals surface area (Å²) >= 11 is 1.44. The van der Waals surface area contributed by atoms with Crippen molar-refractivity contribution in [3.8, 4) is 10.8 Å². The molecule has 0 bridgehead atoms. The van der Waals surface area contributed by atoms with Gasteiger partial charge in [0.25, 0.3) is 5.89 Å². The zero-order valence-electron chi connectivity index (χ0n) is 13.2. The third-order valence-electron chi connectivity index (χ3n) is 4.25. The van der Waals surface area contributed by atoms with Crippen LogP contribution in [-0.2, 0) is 4.79 Å². The van der Waals surface area contributed by atoms with Crippen molar-refractivity contribution in [3.63, 3.8) is 0 Å². The largest absolute Gasteiger partial charge is 0.438 e. The van der Waals surface area contributed by atoms with Crippen molar-refractivity contribution < 1.29 is 9.21 Å². The third kappa shape index (κ3) is 3.72. The van der Waals surface area contributed by atoms with Crippen molar-refractivity contribution in [1.29, 1.82) is 0 Å².